The molecule has 1 rings (SSSR count). The van der Waals surface area contributed by atoms with E-state index < -0.39 is 11.5 Å². The average Bonchev–Trinajstić information content (AvgIpc) is 2.27. The summed E-state index contributed by atoms with van der Waals surface area (Å²) >= 11 is 0. The molecule has 1 atom stereocenters. The normalized spacial score (nSPS) is 22.1. The quantitative estimate of drug-likeness (QED) is 0.837. The first kappa shape index (κ1) is 16.8. The lowest BCUT2D eigenvalue weighted by Gasteiger charge is -2.42. The Hall–Kier alpha value is -1.26. The molecule has 0 aliphatic heterocycles. The maximum atomic E-state index is 12.4. The fraction of sp³-hybridized carbons (Fsp3) is 0.867. The van der Waals surface area contributed by atoms with E-state index in [1.54, 1.807) is 0 Å². The van der Waals surface area contributed by atoms with Crippen molar-refractivity contribution in [3.63, 3.8) is 0 Å². The van der Waals surface area contributed by atoms with Crippen LogP contribution in [0.5, 0.6) is 0 Å². The van der Waals surface area contributed by atoms with Crippen molar-refractivity contribution in [2.75, 3.05) is 6.54 Å². The monoisotopic (exact) mass is 284 g/mol. The third-order valence-corrected chi connectivity index (χ3v) is 4.15. The highest BCUT2D eigenvalue weighted by atomic mass is 16.4. The lowest BCUT2D eigenvalue weighted by molar-refractivity contribution is -0.138. The Kier molecular flexibility index (Phi) is 5.05. The summed E-state index contributed by atoms with van der Waals surface area (Å²) in [6.45, 7) is 9.60. The number of rotatable bonds is 3. The maximum absolute atomic E-state index is 12.4. The summed E-state index contributed by atoms with van der Waals surface area (Å²) in [5, 5.41) is 12.0. The van der Waals surface area contributed by atoms with Crippen LogP contribution < -0.4 is 5.32 Å². The van der Waals surface area contributed by atoms with Crippen molar-refractivity contribution in [2.24, 2.45) is 5.41 Å². The molecule has 0 bridgehead atoms. The van der Waals surface area contributed by atoms with E-state index in [1.165, 1.54) is 11.3 Å². The first-order valence-corrected chi connectivity index (χ1v) is 7.34. The molecule has 0 saturated heterocycles. The Bertz CT molecular complexity index is 372. The second-order valence-electron chi connectivity index (χ2n) is 7.39. The van der Waals surface area contributed by atoms with Gasteiger partial charge in [-0.3, -0.25) is 4.79 Å². The predicted molar refractivity (Wildman–Crippen MR) is 78.7 cm³/mol. The SMILES string of the molecule is CC1(C)CCCCC1NC(=O)N(CC(=O)O)C(C)(C)C. The second kappa shape index (κ2) is 6.02. The van der Waals surface area contributed by atoms with Gasteiger partial charge in [-0.15, -0.1) is 0 Å². The van der Waals surface area contributed by atoms with Gasteiger partial charge in [-0.1, -0.05) is 26.7 Å². The molecule has 5 nitrogen and oxygen atoms in total. The predicted octanol–water partition coefficient (Wildman–Crippen LogP) is 2.85. The number of carboxylic acids is 1. The van der Waals surface area contributed by atoms with Gasteiger partial charge in [0.1, 0.15) is 6.54 Å². The van der Waals surface area contributed by atoms with E-state index in [4.69, 9.17) is 5.11 Å². The van der Waals surface area contributed by atoms with Gasteiger partial charge in [0, 0.05) is 11.6 Å². The van der Waals surface area contributed by atoms with Gasteiger partial charge in [0.2, 0.25) is 0 Å². The van der Waals surface area contributed by atoms with Crippen molar-refractivity contribution in [3.05, 3.63) is 0 Å². The fourth-order valence-corrected chi connectivity index (χ4v) is 2.74. The van der Waals surface area contributed by atoms with Gasteiger partial charge in [0.25, 0.3) is 0 Å². The Balaban J connectivity index is 2.78. The summed E-state index contributed by atoms with van der Waals surface area (Å²) < 4.78 is 0. The Labute approximate surface area is 121 Å². The van der Waals surface area contributed by atoms with Crippen molar-refractivity contribution >= 4 is 12.0 Å². The molecule has 1 aliphatic carbocycles. The first-order valence-electron chi connectivity index (χ1n) is 7.34. The molecule has 1 aliphatic rings. The molecular formula is C15H28N2O3. The van der Waals surface area contributed by atoms with Crippen molar-refractivity contribution in [2.45, 2.75) is 71.9 Å². The molecule has 20 heavy (non-hydrogen) atoms. The van der Waals surface area contributed by atoms with Gasteiger partial charge < -0.3 is 15.3 Å². The highest BCUT2D eigenvalue weighted by Crippen LogP contribution is 2.35. The number of urea groups is 1. The number of aliphatic carboxylic acids is 1. The van der Waals surface area contributed by atoms with Gasteiger partial charge in [-0.2, -0.15) is 0 Å². The molecular weight excluding hydrogens is 256 g/mol. The molecule has 5 heteroatoms. The average molecular weight is 284 g/mol. The Morgan fingerprint density at radius 3 is 2.35 bits per heavy atom. The first-order chi connectivity index (χ1) is 9.04. The van der Waals surface area contributed by atoms with E-state index in [2.05, 4.69) is 19.2 Å². The minimum Gasteiger partial charge on any atom is -0.480 e. The van der Waals surface area contributed by atoms with Crippen LogP contribution in [0.4, 0.5) is 4.79 Å². The highest BCUT2D eigenvalue weighted by molar-refractivity contribution is 5.81. The van der Waals surface area contributed by atoms with E-state index in [0.29, 0.717) is 0 Å². The number of carboxylic acid groups (broad SMARTS) is 1. The largest absolute Gasteiger partial charge is 0.480 e. The smallest absolute Gasteiger partial charge is 0.323 e. The molecule has 0 aromatic rings. The van der Waals surface area contributed by atoms with E-state index in [0.717, 1.165) is 19.3 Å². The van der Waals surface area contributed by atoms with E-state index >= 15 is 0 Å². The standard InChI is InChI=1S/C15H28N2O3/c1-14(2,3)17(10-12(18)19)13(20)16-11-8-6-7-9-15(11,4)5/h11H,6-10H2,1-5H3,(H,16,20)(H,18,19). The summed E-state index contributed by atoms with van der Waals surface area (Å²) in [5.41, 5.74) is -0.442. The molecule has 0 aromatic carbocycles. The van der Waals surface area contributed by atoms with Gasteiger partial charge in [0.05, 0.1) is 0 Å². The van der Waals surface area contributed by atoms with Crippen LogP contribution in [0.15, 0.2) is 0 Å². The molecule has 2 N–H and O–H groups in total. The van der Waals surface area contributed by atoms with Crippen molar-refractivity contribution in [1.82, 2.24) is 10.2 Å². The summed E-state index contributed by atoms with van der Waals surface area (Å²) in [5.74, 6) is -0.988. The minimum absolute atomic E-state index is 0.0701. The molecule has 0 aromatic heterocycles. The second-order valence-corrected chi connectivity index (χ2v) is 7.39. The zero-order chi connectivity index (χ0) is 15.6. The summed E-state index contributed by atoms with van der Waals surface area (Å²) in [7, 11) is 0. The van der Waals surface area contributed by atoms with E-state index in [9.17, 15) is 9.59 Å². The van der Waals surface area contributed by atoms with Crippen LogP contribution in [0.2, 0.25) is 0 Å². The van der Waals surface area contributed by atoms with Crippen LogP contribution in [-0.4, -0.2) is 40.1 Å². The van der Waals surface area contributed by atoms with Gasteiger partial charge in [-0.25, -0.2) is 4.79 Å². The summed E-state index contributed by atoms with van der Waals surface area (Å²) in [4.78, 5) is 24.8. The number of hydrogen-bond acceptors (Lipinski definition) is 2. The van der Waals surface area contributed by atoms with Crippen LogP contribution in [0, 0.1) is 5.41 Å². The molecule has 1 unspecified atom stereocenters. The Morgan fingerprint density at radius 1 is 1.30 bits per heavy atom. The number of carbonyl (C=O) groups is 2. The van der Waals surface area contributed by atoms with E-state index in [-0.39, 0.29) is 24.0 Å². The van der Waals surface area contributed by atoms with Crippen LogP contribution in [0.25, 0.3) is 0 Å². The summed E-state index contributed by atoms with van der Waals surface area (Å²) in [6, 6.07) is -0.165. The fourth-order valence-electron chi connectivity index (χ4n) is 2.74. The zero-order valence-electron chi connectivity index (χ0n) is 13.3. The van der Waals surface area contributed by atoms with Crippen LogP contribution in [0.3, 0.4) is 0 Å². The molecule has 1 saturated carbocycles. The number of nitrogens with zero attached hydrogens (tertiary/aromatic N) is 1. The molecule has 2 amide bonds. The zero-order valence-corrected chi connectivity index (χ0v) is 13.3. The molecule has 0 radical (unpaired) electrons. The maximum Gasteiger partial charge on any atom is 0.323 e. The van der Waals surface area contributed by atoms with E-state index in [1.807, 2.05) is 20.8 Å². The number of hydrogen-bond donors (Lipinski definition) is 2. The van der Waals surface area contributed by atoms with Crippen LogP contribution in [-0.2, 0) is 4.79 Å². The lowest BCUT2D eigenvalue weighted by atomic mass is 9.73. The van der Waals surface area contributed by atoms with Gasteiger partial charge in [0.15, 0.2) is 0 Å². The van der Waals surface area contributed by atoms with Crippen LogP contribution in [0.1, 0.15) is 60.3 Å². The number of carbonyl (C=O) groups excluding carboxylic acids is 1. The number of amides is 2. The molecule has 1 fully saturated rings. The van der Waals surface area contributed by atoms with Crippen molar-refractivity contribution in [1.29, 1.82) is 0 Å². The number of nitrogens with one attached hydrogen (secondary N) is 1. The van der Waals surface area contributed by atoms with Gasteiger partial charge in [-0.05, 0) is 39.0 Å². The Morgan fingerprint density at radius 2 is 1.90 bits per heavy atom. The lowest BCUT2D eigenvalue weighted by Crippen LogP contribution is -2.57. The molecule has 0 heterocycles. The highest BCUT2D eigenvalue weighted by Gasteiger charge is 2.36. The topological polar surface area (TPSA) is 69.6 Å². The van der Waals surface area contributed by atoms with Crippen LogP contribution >= 0.6 is 0 Å². The van der Waals surface area contributed by atoms with Gasteiger partial charge >= 0.3 is 12.0 Å². The van der Waals surface area contributed by atoms with Crippen molar-refractivity contribution in [3.8, 4) is 0 Å². The minimum atomic E-state index is -0.988. The molecule has 116 valence electrons. The third-order valence-electron chi connectivity index (χ3n) is 4.15. The third kappa shape index (κ3) is 4.39. The molecule has 0 spiro atoms. The summed E-state index contributed by atoms with van der Waals surface area (Å²) in [6.07, 6.45) is 4.36. The van der Waals surface area contributed by atoms with Crippen molar-refractivity contribution < 1.29 is 14.7 Å².